The minimum atomic E-state index is 0.0280. The molecule has 1 saturated heterocycles. The molecule has 0 aromatic carbocycles. The van der Waals surface area contributed by atoms with Gasteiger partial charge in [-0.15, -0.1) is 0 Å². The average molecular weight is 223 g/mol. The number of amides is 1. The summed E-state index contributed by atoms with van der Waals surface area (Å²) in [6.45, 7) is 2.26. The van der Waals surface area contributed by atoms with Crippen LogP contribution in [0.5, 0.6) is 0 Å². The number of H-pyrrole nitrogens is 1. The molecule has 3 N–H and O–H groups in total. The van der Waals surface area contributed by atoms with Crippen LogP contribution in [0.1, 0.15) is 5.56 Å². The predicted octanol–water partition coefficient (Wildman–Crippen LogP) is -0.257. The number of nitrogens with zero attached hydrogens (tertiary/aromatic N) is 1. The van der Waals surface area contributed by atoms with Crippen molar-refractivity contribution in [1.29, 1.82) is 0 Å². The van der Waals surface area contributed by atoms with Crippen LogP contribution < -0.4 is 5.73 Å². The van der Waals surface area contributed by atoms with Crippen LogP contribution in [0.25, 0.3) is 0 Å². The zero-order valence-electron chi connectivity index (χ0n) is 9.19. The third kappa shape index (κ3) is 2.43. The van der Waals surface area contributed by atoms with Crippen LogP contribution in [0.4, 0.5) is 0 Å². The van der Waals surface area contributed by atoms with Crippen LogP contribution in [0.3, 0.4) is 0 Å². The number of aromatic amines is 1. The van der Waals surface area contributed by atoms with Gasteiger partial charge in [0, 0.05) is 25.5 Å². The first-order valence-corrected chi connectivity index (χ1v) is 5.50. The largest absolute Gasteiger partial charge is 0.377 e. The molecule has 1 aliphatic heterocycles. The van der Waals surface area contributed by atoms with Crippen molar-refractivity contribution in [3.05, 3.63) is 24.0 Å². The van der Waals surface area contributed by atoms with Crippen molar-refractivity contribution < 1.29 is 9.53 Å². The van der Waals surface area contributed by atoms with Crippen LogP contribution in [0.15, 0.2) is 18.5 Å². The van der Waals surface area contributed by atoms with Crippen molar-refractivity contribution in [3.63, 3.8) is 0 Å². The van der Waals surface area contributed by atoms with Gasteiger partial charge in [0.25, 0.3) is 0 Å². The fourth-order valence-corrected chi connectivity index (χ4v) is 1.92. The maximum Gasteiger partial charge on any atom is 0.227 e. The summed E-state index contributed by atoms with van der Waals surface area (Å²) in [7, 11) is 0. The molecule has 1 aromatic rings. The Kier molecular flexibility index (Phi) is 3.58. The summed E-state index contributed by atoms with van der Waals surface area (Å²) in [4.78, 5) is 16.8. The summed E-state index contributed by atoms with van der Waals surface area (Å²) in [5.41, 5.74) is 6.63. The standard InChI is InChI=1S/C11H17N3O2/c12-6-10-8-16-4-3-14(10)11(15)5-9-1-2-13-7-9/h1-2,7,10,13H,3-6,8,12H2. The summed E-state index contributed by atoms with van der Waals surface area (Å²) in [6, 6.07) is 1.94. The molecule has 0 radical (unpaired) electrons. The molecule has 0 saturated carbocycles. The van der Waals surface area contributed by atoms with Gasteiger partial charge in [0.15, 0.2) is 0 Å². The molecular formula is C11H17N3O2. The van der Waals surface area contributed by atoms with Crippen molar-refractivity contribution in [3.8, 4) is 0 Å². The van der Waals surface area contributed by atoms with E-state index in [-0.39, 0.29) is 11.9 Å². The second kappa shape index (κ2) is 5.14. The lowest BCUT2D eigenvalue weighted by atomic mass is 10.1. The molecule has 1 amide bonds. The molecule has 1 unspecified atom stereocenters. The zero-order valence-corrected chi connectivity index (χ0v) is 9.19. The molecule has 16 heavy (non-hydrogen) atoms. The highest BCUT2D eigenvalue weighted by molar-refractivity contribution is 5.79. The number of rotatable bonds is 3. The first kappa shape index (κ1) is 11.2. The van der Waals surface area contributed by atoms with Gasteiger partial charge in [-0.25, -0.2) is 0 Å². The number of hydrogen-bond donors (Lipinski definition) is 2. The second-order valence-electron chi connectivity index (χ2n) is 3.95. The number of hydrogen-bond acceptors (Lipinski definition) is 3. The second-order valence-corrected chi connectivity index (χ2v) is 3.95. The van der Waals surface area contributed by atoms with Gasteiger partial charge in [0.2, 0.25) is 5.91 Å². The van der Waals surface area contributed by atoms with Gasteiger partial charge in [0.1, 0.15) is 0 Å². The molecule has 88 valence electrons. The van der Waals surface area contributed by atoms with E-state index in [1.807, 2.05) is 23.4 Å². The van der Waals surface area contributed by atoms with Crippen molar-refractivity contribution in [2.75, 3.05) is 26.3 Å². The lowest BCUT2D eigenvalue weighted by molar-refractivity contribution is -0.138. The number of nitrogens with two attached hydrogens (primary N) is 1. The Balaban J connectivity index is 1.97. The van der Waals surface area contributed by atoms with Crippen LogP contribution in [-0.4, -0.2) is 48.1 Å². The molecule has 1 aliphatic rings. The Labute approximate surface area is 94.6 Å². The van der Waals surface area contributed by atoms with Crippen LogP contribution in [0, 0.1) is 0 Å². The third-order valence-corrected chi connectivity index (χ3v) is 2.84. The average Bonchev–Trinajstić information content (AvgIpc) is 2.81. The monoisotopic (exact) mass is 223 g/mol. The van der Waals surface area contributed by atoms with E-state index in [1.54, 1.807) is 0 Å². The first-order chi connectivity index (χ1) is 7.81. The van der Waals surface area contributed by atoms with Gasteiger partial charge >= 0.3 is 0 Å². The number of carbonyl (C=O) groups is 1. The van der Waals surface area contributed by atoms with Gasteiger partial charge in [-0.05, 0) is 11.6 Å². The third-order valence-electron chi connectivity index (χ3n) is 2.84. The van der Waals surface area contributed by atoms with Gasteiger partial charge in [-0.3, -0.25) is 4.79 Å². The van der Waals surface area contributed by atoms with Gasteiger partial charge in [0.05, 0.1) is 25.7 Å². The Hall–Kier alpha value is -1.33. The number of nitrogens with one attached hydrogen (secondary N) is 1. The minimum Gasteiger partial charge on any atom is -0.377 e. The molecule has 0 bridgehead atoms. The smallest absolute Gasteiger partial charge is 0.227 e. The molecule has 1 aromatic heterocycles. The van der Waals surface area contributed by atoms with Crippen LogP contribution in [0.2, 0.25) is 0 Å². The Bertz CT molecular complexity index is 337. The Morgan fingerprint density at radius 3 is 3.25 bits per heavy atom. The maximum absolute atomic E-state index is 12.0. The first-order valence-electron chi connectivity index (χ1n) is 5.50. The van der Waals surface area contributed by atoms with Crippen molar-refractivity contribution in [1.82, 2.24) is 9.88 Å². The van der Waals surface area contributed by atoms with Crippen LogP contribution >= 0.6 is 0 Å². The molecule has 5 nitrogen and oxygen atoms in total. The van der Waals surface area contributed by atoms with Crippen LogP contribution in [-0.2, 0) is 16.0 Å². The van der Waals surface area contributed by atoms with Crippen molar-refractivity contribution in [2.45, 2.75) is 12.5 Å². The predicted molar refractivity (Wildman–Crippen MR) is 59.9 cm³/mol. The molecule has 1 atom stereocenters. The van der Waals surface area contributed by atoms with E-state index >= 15 is 0 Å². The number of carbonyl (C=O) groups excluding carboxylic acids is 1. The van der Waals surface area contributed by atoms with Crippen molar-refractivity contribution in [2.24, 2.45) is 5.73 Å². The number of aromatic nitrogens is 1. The summed E-state index contributed by atoms with van der Waals surface area (Å²) >= 11 is 0. The van der Waals surface area contributed by atoms with E-state index in [4.69, 9.17) is 10.5 Å². The highest BCUT2D eigenvalue weighted by Gasteiger charge is 2.25. The number of morpholine rings is 1. The molecule has 2 rings (SSSR count). The van der Waals surface area contributed by atoms with E-state index in [0.29, 0.717) is 32.7 Å². The Morgan fingerprint density at radius 1 is 1.69 bits per heavy atom. The highest BCUT2D eigenvalue weighted by Crippen LogP contribution is 2.09. The molecule has 1 fully saturated rings. The molecule has 0 aliphatic carbocycles. The topological polar surface area (TPSA) is 71.3 Å². The Morgan fingerprint density at radius 2 is 2.56 bits per heavy atom. The van der Waals surface area contributed by atoms with E-state index in [2.05, 4.69) is 4.98 Å². The summed E-state index contributed by atoms with van der Waals surface area (Å²) < 4.78 is 5.31. The normalized spacial score (nSPS) is 21.1. The van der Waals surface area contributed by atoms with E-state index in [0.717, 1.165) is 5.56 Å². The van der Waals surface area contributed by atoms with E-state index < -0.39 is 0 Å². The summed E-state index contributed by atoms with van der Waals surface area (Å²) in [6.07, 6.45) is 4.10. The molecular weight excluding hydrogens is 206 g/mol. The fraction of sp³-hybridized carbons (Fsp3) is 0.545. The minimum absolute atomic E-state index is 0.0280. The lowest BCUT2D eigenvalue weighted by Crippen LogP contribution is -2.52. The molecule has 2 heterocycles. The van der Waals surface area contributed by atoms with Gasteiger partial charge < -0.3 is 20.4 Å². The zero-order chi connectivity index (χ0) is 11.4. The van der Waals surface area contributed by atoms with E-state index in [1.165, 1.54) is 0 Å². The van der Waals surface area contributed by atoms with Gasteiger partial charge in [-0.1, -0.05) is 0 Å². The summed E-state index contributed by atoms with van der Waals surface area (Å²) in [5.74, 6) is 0.123. The SMILES string of the molecule is NCC1COCCN1C(=O)Cc1cc[nH]c1. The van der Waals surface area contributed by atoms with E-state index in [9.17, 15) is 4.79 Å². The quantitative estimate of drug-likeness (QED) is 0.742. The molecule has 5 heteroatoms. The van der Waals surface area contributed by atoms with Crippen molar-refractivity contribution >= 4 is 5.91 Å². The lowest BCUT2D eigenvalue weighted by Gasteiger charge is -2.34. The van der Waals surface area contributed by atoms with Gasteiger partial charge in [-0.2, -0.15) is 0 Å². The maximum atomic E-state index is 12.0. The molecule has 0 spiro atoms. The highest BCUT2D eigenvalue weighted by atomic mass is 16.5. The fourth-order valence-electron chi connectivity index (χ4n) is 1.92. The summed E-state index contributed by atoms with van der Waals surface area (Å²) in [5, 5.41) is 0. The number of ether oxygens (including phenoxy) is 1.